The summed E-state index contributed by atoms with van der Waals surface area (Å²) in [6, 6.07) is 95.1. The molecule has 13 aromatic carbocycles. The lowest BCUT2D eigenvalue weighted by Crippen LogP contribution is -2.30. The molecule has 13 aromatic rings. The van der Waals surface area contributed by atoms with Crippen molar-refractivity contribution in [2.24, 2.45) is 4.99 Å². The molecule has 0 aromatic heterocycles. The van der Waals surface area contributed by atoms with Gasteiger partial charge in [0.15, 0.2) is 0 Å². The highest BCUT2D eigenvalue weighted by Gasteiger charge is 2.24. The van der Waals surface area contributed by atoms with E-state index in [1.165, 1.54) is 104 Å². The van der Waals surface area contributed by atoms with Gasteiger partial charge in [0, 0.05) is 24.0 Å². The third-order valence-electron chi connectivity index (χ3n) is 14.5. The molecule has 0 bridgehead atoms. The second-order valence-electron chi connectivity index (χ2n) is 18.6. The summed E-state index contributed by atoms with van der Waals surface area (Å²) < 4.78 is 0. The second-order valence-corrected chi connectivity index (χ2v) is 18.6. The topological polar surface area (TPSA) is 15.6 Å². The molecule has 0 aliphatic rings. The Morgan fingerprint density at radius 1 is 0.311 bits per heavy atom. The summed E-state index contributed by atoms with van der Waals surface area (Å²) in [7, 11) is 1.86. The van der Waals surface area contributed by atoms with Crippen LogP contribution in [0.25, 0.3) is 115 Å². The minimum Gasteiger partial charge on any atom is -0.295 e. The maximum absolute atomic E-state index is 4.92. The van der Waals surface area contributed by atoms with E-state index in [0.29, 0.717) is 0 Å². The Balaban J connectivity index is 0.00000275. The lowest BCUT2D eigenvalue weighted by atomic mass is 9.82. The molecule has 0 heterocycles. The number of benzene rings is 13. The number of aliphatic imine (C=N–C) groups is 1. The summed E-state index contributed by atoms with van der Waals surface area (Å²) in [6.45, 7) is 8.70. The van der Waals surface area contributed by atoms with Gasteiger partial charge in [-0.3, -0.25) is 9.89 Å². The van der Waals surface area contributed by atoms with Crippen molar-refractivity contribution in [1.82, 2.24) is 0 Å². The predicted molar refractivity (Wildman–Crippen MR) is 321 cm³/mol. The van der Waals surface area contributed by atoms with Gasteiger partial charge < -0.3 is 0 Å². The maximum atomic E-state index is 4.92. The number of fused-ring (bicyclic) bond motifs is 6. The molecule has 0 unspecified atom stereocenters. The normalized spacial score (nSPS) is 11.6. The Bertz CT molecular complexity index is 4240. The third kappa shape index (κ3) is 7.98. The fourth-order valence-electron chi connectivity index (χ4n) is 11.3. The van der Waals surface area contributed by atoms with Crippen LogP contribution in [0.3, 0.4) is 0 Å². The highest BCUT2D eigenvalue weighted by atomic mass is 15.2. The van der Waals surface area contributed by atoms with Crippen molar-refractivity contribution in [3.05, 3.63) is 279 Å². The number of hydrogen-bond donors (Lipinski definition) is 0. The van der Waals surface area contributed by atoms with Gasteiger partial charge in [0.1, 0.15) is 5.84 Å². The first kappa shape index (κ1) is 45.7. The monoisotopic (exact) mass is 946 g/mol. The molecule has 2 nitrogen and oxygen atoms in total. The van der Waals surface area contributed by atoms with E-state index in [1.54, 1.807) is 0 Å². The van der Waals surface area contributed by atoms with E-state index in [9.17, 15) is 0 Å². The van der Waals surface area contributed by atoms with Gasteiger partial charge in [0.25, 0.3) is 0 Å². The number of nitrogens with zero attached hydrogens (tertiary/aromatic N) is 2. The standard InChI is InChI=1S/C70H48N2.C2H6/c1-46(47-20-5-3-6-21-47)72(70(71-2)50-24-7-4-8-25-50)57-29-19-28-53(44-57)66-58-30-13-15-32-60(58)68(61-33-16-14-31-59(61)66)56-40-41-64-65(45-56)69(55-39-37-49-23-10-12-27-52(49)43-55)63-35-18-17-34-62(63)67(64)54-38-36-48-22-9-11-26-51(48)42-54;1-2/h3-45H,1H2,2H3;1-2H3. The first-order valence-electron chi connectivity index (χ1n) is 25.7. The van der Waals surface area contributed by atoms with Crippen LogP contribution in [0.2, 0.25) is 0 Å². The molecular weight excluding hydrogens is 893 g/mol. The molecule has 0 saturated heterocycles. The smallest absolute Gasteiger partial charge is 0.139 e. The van der Waals surface area contributed by atoms with Gasteiger partial charge in [-0.2, -0.15) is 0 Å². The van der Waals surface area contributed by atoms with Gasteiger partial charge in [-0.25, -0.2) is 0 Å². The highest BCUT2D eigenvalue weighted by Crippen LogP contribution is 2.49. The molecule has 74 heavy (non-hydrogen) atoms. The summed E-state index contributed by atoms with van der Waals surface area (Å²) >= 11 is 0. The zero-order valence-corrected chi connectivity index (χ0v) is 41.9. The Kier molecular flexibility index (Phi) is 12.2. The Morgan fingerprint density at radius 2 is 0.676 bits per heavy atom. The molecule has 0 fully saturated rings. The fraction of sp³-hybridized carbons (Fsp3) is 0.0417. The number of amidine groups is 1. The van der Waals surface area contributed by atoms with Crippen LogP contribution >= 0.6 is 0 Å². The average Bonchev–Trinajstić information content (AvgIpc) is 3.48. The average molecular weight is 947 g/mol. The molecule has 0 N–H and O–H groups in total. The zero-order valence-electron chi connectivity index (χ0n) is 41.9. The molecule has 0 spiro atoms. The highest BCUT2D eigenvalue weighted by molar-refractivity contribution is 6.26. The van der Waals surface area contributed by atoms with Crippen molar-refractivity contribution < 1.29 is 0 Å². The Morgan fingerprint density at radius 3 is 1.15 bits per heavy atom. The molecule has 0 atom stereocenters. The van der Waals surface area contributed by atoms with Gasteiger partial charge in [-0.1, -0.05) is 251 Å². The molecule has 13 rings (SSSR count). The summed E-state index contributed by atoms with van der Waals surface area (Å²) in [6.07, 6.45) is 0. The minimum absolute atomic E-state index is 0.822. The summed E-state index contributed by atoms with van der Waals surface area (Å²) in [5.41, 5.74) is 13.5. The van der Waals surface area contributed by atoms with Crippen LogP contribution in [-0.2, 0) is 0 Å². The van der Waals surface area contributed by atoms with E-state index in [4.69, 9.17) is 11.6 Å². The van der Waals surface area contributed by atoms with E-state index in [2.05, 4.69) is 254 Å². The van der Waals surface area contributed by atoms with E-state index in [0.717, 1.165) is 33.9 Å². The largest absolute Gasteiger partial charge is 0.295 e. The molecular formula is C72H54N2. The number of hydrogen-bond acceptors (Lipinski definition) is 1. The van der Waals surface area contributed by atoms with Crippen molar-refractivity contribution in [3.8, 4) is 44.5 Å². The summed E-state index contributed by atoms with van der Waals surface area (Å²) in [4.78, 5) is 7.12. The Labute approximate surface area is 433 Å². The third-order valence-corrected chi connectivity index (χ3v) is 14.5. The lowest BCUT2D eigenvalue weighted by Gasteiger charge is -2.29. The number of anilines is 1. The second kappa shape index (κ2) is 19.7. The minimum atomic E-state index is 0.822. The van der Waals surface area contributed by atoms with Crippen LogP contribution in [0, 0.1) is 0 Å². The van der Waals surface area contributed by atoms with Gasteiger partial charge in [0.2, 0.25) is 0 Å². The van der Waals surface area contributed by atoms with Gasteiger partial charge >= 0.3 is 0 Å². The number of rotatable bonds is 8. The van der Waals surface area contributed by atoms with Crippen molar-refractivity contribution in [2.75, 3.05) is 11.9 Å². The summed E-state index contributed by atoms with van der Waals surface area (Å²) in [5, 5.41) is 14.6. The van der Waals surface area contributed by atoms with Crippen molar-refractivity contribution in [3.63, 3.8) is 0 Å². The molecule has 2 heteroatoms. The van der Waals surface area contributed by atoms with E-state index in [-0.39, 0.29) is 0 Å². The van der Waals surface area contributed by atoms with E-state index < -0.39 is 0 Å². The van der Waals surface area contributed by atoms with Crippen LogP contribution in [0.1, 0.15) is 25.0 Å². The molecule has 0 amide bonds. The Hall–Kier alpha value is -9.37. The molecule has 0 radical (unpaired) electrons. The van der Waals surface area contributed by atoms with Gasteiger partial charge in [-0.15, -0.1) is 0 Å². The van der Waals surface area contributed by atoms with Gasteiger partial charge in [-0.05, 0) is 145 Å². The van der Waals surface area contributed by atoms with Crippen molar-refractivity contribution in [2.45, 2.75) is 13.8 Å². The zero-order chi connectivity index (χ0) is 50.1. The van der Waals surface area contributed by atoms with Crippen LogP contribution in [0.4, 0.5) is 5.69 Å². The first-order chi connectivity index (χ1) is 36.6. The molecule has 352 valence electrons. The van der Waals surface area contributed by atoms with E-state index >= 15 is 0 Å². The maximum Gasteiger partial charge on any atom is 0.139 e. The van der Waals surface area contributed by atoms with Crippen LogP contribution in [0.15, 0.2) is 272 Å². The SMILES string of the molecule is C=C(c1ccccc1)N(C(=NC)c1ccccc1)c1cccc(-c2c3ccccc3c(-c3ccc4c(-c5ccc6ccccc6c5)c5ccccc5c(-c5ccc6ccccc6c5)c4c3)c3ccccc23)c1.CC. The van der Waals surface area contributed by atoms with Gasteiger partial charge in [0.05, 0.1) is 0 Å². The quantitative estimate of drug-likeness (QED) is 0.0842. The van der Waals surface area contributed by atoms with Crippen LogP contribution in [-0.4, -0.2) is 12.9 Å². The molecule has 0 saturated carbocycles. The summed E-state index contributed by atoms with van der Waals surface area (Å²) in [5.74, 6) is 0.822. The molecule has 0 aliphatic carbocycles. The molecule has 0 aliphatic heterocycles. The van der Waals surface area contributed by atoms with Crippen LogP contribution in [0.5, 0.6) is 0 Å². The van der Waals surface area contributed by atoms with E-state index in [1.807, 2.05) is 33.0 Å². The first-order valence-corrected chi connectivity index (χ1v) is 25.7. The van der Waals surface area contributed by atoms with Crippen LogP contribution < -0.4 is 4.90 Å². The van der Waals surface area contributed by atoms with Crippen molar-refractivity contribution >= 4 is 81.9 Å². The lowest BCUT2D eigenvalue weighted by molar-refractivity contribution is 1.29. The fourth-order valence-corrected chi connectivity index (χ4v) is 11.3. The van der Waals surface area contributed by atoms with Crippen molar-refractivity contribution in [1.29, 1.82) is 0 Å². The predicted octanol–water partition coefficient (Wildman–Crippen LogP) is 19.9.